The topological polar surface area (TPSA) is 91.6 Å². The van der Waals surface area contributed by atoms with Gasteiger partial charge in [0, 0.05) is 46.7 Å². The van der Waals surface area contributed by atoms with Gasteiger partial charge in [0.25, 0.3) is 0 Å². The van der Waals surface area contributed by atoms with Crippen LogP contribution in [-0.2, 0) is 0 Å². The average molecular weight is 489 g/mol. The Morgan fingerprint density at radius 2 is 1.74 bits per heavy atom. The predicted molar refractivity (Wildman–Crippen MR) is 130 cm³/mol. The molecule has 0 aliphatic heterocycles. The summed E-state index contributed by atoms with van der Waals surface area (Å²) in [5.74, 6) is 1.68. The molecular formula is C25H21FN6O2S. The second-order valence-corrected chi connectivity index (χ2v) is 8.92. The van der Waals surface area contributed by atoms with Crippen molar-refractivity contribution in [2.75, 3.05) is 5.75 Å². The molecule has 0 N–H and O–H groups in total. The van der Waals surface area contributed by atoms with Gasteiger partial charge in [-0.15, -0.1) is 10.2 Å². The predicted octanol–water partition coefficient (Wildman–Crippen LogP) is 5.15. The highest BCUT2D eigenvalue weighted by Gasteiger charge is 2.21. The lowest BCUT2D eigenvalue weighted by Crippen LogP contribution is -2.07. The largest absolute Gasteiger partial charge is 0.360 e. The Morgan fingerprint density at radius 3 is 2.43 bits per heavy atom. The van der Waals surface area contributed by atoms with Crippen LogP contribution in [0.5, 0.6) is 0 Å². The molecule has 176 valence electrons. The molecule has 0 spiro atoms. The standard InChI is InChI=1S/C25H21FN6O2S/c1-15-12-21(17(3)31(15)23-13-16(2)34-30-23)22(33)14-35-25-29-28-24(18-8-10-27-11-9-18)32(25)20-6-4-19(26)5-7-20/h4-13H,14H2,1-3H3. The molecule has 4 aromatic heterocycles. The fourth-order valence-electron chi connectivity index (χ4n) is 3.94. The summed E-state index contributed by atoms with van der Waals surface area (Å²) in [6.07, 6.45) is 3.34. The molecular weight excluding hydrogens is 467 g/mol. The van der Waals surface area contributed by atoms with Crippen molar-refractivity contribution in [1.82, 2.24) is 29.5 Å². The lowest BCUT2D eigenvalue weighted by atomic mass is 10.2. The van der Waals surface area contributed by atoms with Crippen molar-refractivity contribution in [2.45, 2.75) is 25.9 Å². The monoisotopic (exact) mass is 488 g/mol. The molecule has 0 aliphatic carbocycles. The van der Waals surface area contributed by atoms with E-state index in [0.717, 1.165) is 17.0 Å². The Kier molecular flexibility index (Phi) is 6.04. The number of halogens is 1. The Labute approximate surface area is 204 Å². The maximum absolute atomic E-state index is 13.6. The van der Waals surface area contributed by atoms with Crippen molar-refractivity contribution >= 4 is 17.5 Å². The maximum atomic E-state index is 13.6. The SMILES string of the molecule is Cc1cc(-n2c(C)cc(C(=O)CSc3nnc(-c4ccncc4)n3-c3ccc(F)cc3)c2C)no1. The van der Waals surface area contributed by atoms with Gasteiger partial charge < -0.3 is 4.52 Å². The molecule has 0 saturated carbocycles. The summed E-state index contributed by atoms with van der Waals surface area (Å²) in [6.45, 7) is 5.63. The van der Waals surface area contributed by atoms with Crippen molar-refractivity contribution in [2.24, 2.45) is 0 Å². The molecule has 10 heteroatoms. The van der Waals surface area contributed by atoms with Gasteiger partial charge in [-0.25, -0.2) is 4.39 Å². The Bertz CT molecular complexity index is 1510. The average Bonchev–Trinajstić information content (AvgIpc) is 3.55. The maximum Gasteiger partial charge on any atom is 0.196 e. The lowest BCUT2D eigenvalue weighted by Gasteiger charge is -2.10. The third-order valence-corrected chi connectivity index (χ3v) is 6.49. The fraction of sp³-hybridized carbons (Fsp3) is 0.160. The number of carbonyl (C=O) groups excluding carboxylic acids is 1. The van der Waals surface area contributed by atoms with E-state index in [1.54, 1.807) is 24.5 Å². The number of benzene rings is 1. The van der Waals surface area contributed by atoms with Gasteiger partial charge in [-0.1, -0.05) is 16.9 Å². The molecule has 0 radical (unpaired) electrons. The van der Waals surface area contributed by atoms with Crippen LogP contribution in [0.2, 0.25) is 0 Å². The zero-order valence-corrected chi connectivity index (χ0v) is 20.1. The number of rotatable bonds is 7. The Morgan fingerprint density at radius 1 is 1.00 bits per heavy atom. The van der Waals surface area contributed by atoms with Crippen LogP contribution in [0.1, 0.15) is 27.5 Å². The number of pyridine rings is 1. The number of thioether (sulfide) groups is 1. The van der Waals surface area contributed by atoms with Crippen LogP contribution in [0, 0.1) is 26.6 Å². The van der Waals surface area contributed by atoms with Gasteiger partial charge in [0.2, 0.25) is 0 Å². The van der Waals surface area contributed by atoms with Gasteiger partial charge in [-0.3, -0.25) is 18.9 Å². The minimum absolute atomic E-state index is 0.0475. The number of hydrogen-bond acceptors (Lipinski definition) is 7. The number of aromatic nitrogens is 6. The van der Waals surface area contributed by atoms with Gasteiger partial charge in [-0.2, -0.15) is 0 Å². The van der Waals surface area contributed by atoms with Crippen LogP contribution in [0.4, 0.5) is 4.39 Å². The van der Waals surface area contributed by atoms with E-state index in [-0.39, 0.29) is 17.4 Å². The van der Waals surface area contributed by atoms with Gasteiger partial charge in [0.05, 0.1) is 5.75 Å². The first kappa shape index (κ1) is 22.7. The molecule has 1 aromatic carbocycles. The number of carbonyl (C=O) groups is 1. The number of ketones is 1. The first-order valence-corrected chi connectivity index (χ1v) is 11.8. The highest BCUT2D eigenvalue weighted by atomic mass is 32.2. The molecule has 4 heterocycles. The highest BCUT2D eigenvalue weighted by Crippen LogP contribution is 2.29. The third-order valence-electron chi connectivity index (χ3n) is 5.57. The van der Waals surface area contributed by atoms with Crippen molar-refractivity contribution in [3.05, 3.63) is 89.5 Å². The van der Waals surface area contributed by atoms with E-state index in [9.17, 15) is 9.18 Å². The summed E-state index contributed by atoms with van der Waals surface area (Å²) in [5, 5.41) is 13.3. The van der Waals surface area contributed by atoms with Crippen molar-refractivity contribution in [3.63, 3.8) is 0 Å². The summed E-state index contributed by atoms with van der Waals surface area (Å²) in [4.78, 5) is 17.3. The minimum atomic E-state index is -0.339. The zero-order valence-electron chi connectivity index (χ0n) is 19.3. The summed E-state index contributed by atoms with van der Waals surface area (Å²) >= 11 is 1.28. The van der Waals surface area contributed by atoms with Crippen LogP contribution in [0.3, 0.4) is 0 Å². The van der Waals surface area contributed by atoms with E-state index in [1.807, 2.05) is 54.2 Å². The minimum Gasteiger partial charge on any atom is -0.360 e. The molecule has 35 heavy (non-hydrogen) atoms. The van der Waals surface area contributed by atoms with Crippen LogP contribution in [0.15, 0.2) is 70.6 Å². The molecule has 0 saturated heterocycles. The molecule has 0 amide bonds. The van der Waals surface area contributed by atoms with Crippen LogP contribution in [0.25, 0.3) is 22.9 Å². The normalized spacial score (nSPS) is 11.2. The summed E-state index contributed by atoms with van der Waals surface area (Å²) in [6, 6.07) is 13.4. The van der Waals surface area contributed by atoms with E-state index in [4.69, 9.17) is 4.52 Å². The first-order valence-electron chi connectivity index (χ1n) is 10.8. The second kappa shape index (κ2) is 9.30. The van der Waals surface area contributed by atoms with Gasteiger partial charge in [0.1, 0.15) is 11.6 Å². The second-order valence-electron chi connectivity index (χ2n) is 7.98. The zero-order chi connectivity index (χ0) is 24.5. The van der Waals surface area contributed by atoms with E-state index in [2.05, 4.69) is 20.3 Å². The molecule has 0 unspecified atom stereocenters. The Balaban J connectivity index is 1.45. The molecule has 0 atom stereocenters. The van der Waals surface area contributed by atoms with Crippen LogP contribution >= 0.6 is 11.8 Å². The highest BCUT2D eigenvalue weighted by molar-refractivity contribution is 7.99. The summed E-state index contributed by atoms with van der Waals surface area (Å²) in [7, 11) is 0. The van der Waals surface area contributed by atoms with E-state index < -0.39 is 0 Å². The molecule has 5 rings (SSSR count). The smallest absolute Gasteiger partial charge is 0.196 e. The van der Waals surface area contributed by atoms with Crippen LogP contribution in [-0.4, -0.2) is 41.0 Å². The summed E-state index contributed by atoms with van der Waals surface area (Å²) in [5.41, 5.74) is 3.79. The molecule has 8 nitrogen and oxygen atoms in total. The molecule has 0 aliphatic rings. The van der Waals surface area contributed by atoms with Gasteiger partial charge in [-0.05, 0) is 63.2 Å². The molecule has 0 fully saturated rings. The number of nitrogens with zero attached hydrogens (tertiary/aromatic N) is 6. The first-order chi connectivity index (χ1) is 16.9. The van der Waals surface area contributed by atoms with Gasteiger partial charge in [0.15, 0.2) is 22.6 Å². The van der Waals surface area contributed by atoms with E-state index in [1.165, 1.54) is 23.9 Å². The van der Waals surface area contributed by atoms with E-state index in [0.29, 0.717) is 33.8 Å². The Hall–Kier alpha value is -4.05. The number of Topliss-reactive ketones (excluding diaryl/α,β-unsaturated/α-hetero) is 1. The van der Waals surface area contributed by atoms with Crippen molar-refractivity contribution in [3.8, 4) is 22.9 Å². The quantitative estimate of drug-likeness (QED) is 0.231. The number of aryl methyl sites for hydroxylation is 2. The number of hydrogen-bond donors (Lipinski definition) is 0. The van der Waals surface area contributed by atoms with Gasteiger partial charge >= 0.3 is 0 Å². The molecule has 5 aromatic rings. The van der Waals surface area contributed by atoms with E-state index >= 15 is 0 Å². The van der Waals surface area contributed by atoms with Crippen molar-refractivity contribution in [1.29, 1.82) is 0 Å². The molecule has 0 bridgehead atoms. The fourth-order valence-corrected chi connectivity index (χ4v) is 4.77. The van der Waals surface area contributed by atoms with Crippen molar-refractivity contribution < 1.29 is 13.7 Å². The summed E-state index contributed by atoms with van der Waals surface area (Å²) < 4.78 is 22.5. The lowest BCUT2D eigenvalue weighted by molar-refractivity contribution is 0.102. The van der Waals surface area contributed by atoms with Crippen LogP contribution < -0.4 is 0 Å². The third kappa shape index (κ3) is 4.40.